The summed E-state index contributed by atoms with van der Waals surface area (Å²) in [6.45, 7) is 1.98. The number of carbonyl (C=O) groups is 2. The number of carbonyl (C=O) groups excluding carboxylic acids is 2. The third kappa shape index (κ3) is 3.87. The van der Waals surface area contributed by atoms with Gasteiger partial charge >= 0.3 is 6.18 Å². The number of Topliss-reactive ketones (excluding diaryl/α,β-unsaturated/α-hetero) is 1. The van der Waals surface area contributed by atoms with Crippen LogP contribution < -0.4 is 16.4 Å². The maximum atomic E-state index is 12.5. The summed E-state index contributed by atoms with van der Waals surface area (Å²) in [5.74, 6) is -1.70. The van der Waals surface area contributed by atoms with Crippen molar-refractivity contribution in [2.24, 2.45) is 11.7 Å². The number of hydrogen-bond donors (Lipinski definition) is 2. The molecule has 0 bridgehead atoms. The summed E-state index contributed by atoms with van der Waals surface area (Å²) in [4.78, 5) is 24.3. The van der Waals surface area contributed by atoms with E-state index < -0.39 is 24.5 Å². The zero-order valence-electron chi connectivity index (χ0n) is 11.7. The lowest BCUT2D eigenvalue weighted by molar-refractivity contribution is -0.119. The zero-order valence-corrected chi connectivity index (χ0v) is 12.6. The number of alkyl halides is 3. The quantitative estimate of drug-likeness (QED) is 0.813. The summed E-state index contributed by atoms with van der Waals surface area (Å²) in [5.41, 5.74) is 10.5. The number of thiophene rings is 1. The molecule has 118 valence electrons. The molecule has 0 unspecified atom stereocenters. The number of nitrogens with zero attached hydrogens (tertiary/aromatic N) is 1. The summed E-state index contributed by atoms with van der Waals surface area (Å²) in [7, 11) is 1.16. The van der Waals surface area contributed by atoms with Crippen LogP contribution in [0.3, 0.4) is 0 Å². The number of primary amides is 1. The Kier molecular flexibility index (Phi) is 4.87. The minimum absolute atomic E-state index is 0.0543. The molecule has 1 aromatic heterocycles. The van der Waals surface area contributed by atoms with Gasteiger partial charge in [0.1, 0.15) is 11.5 Å². The van der Waals surface area contributed by atoms with Crippen LogP contribution in [0.1, 0.15) is 33.9 Å². The number of amides is 1. The van der Waals surface area contributed by atoms with Crippen molar-refractivity contribution in [1.82, 2.24) is 0 Å². The average Bonchev–Trinajstić information content (AvgIpc) is 2.63. The molecule has 0 aromatic carbocycles. The van der Waals surface area contributed by atoms with Crippen LogP contribution in [0.15, 0.2) is 0 Å². The van der Waals surface area contributed by atoms with E-state index in [2.05, 4.69) is 0 Å². The summed E-state index contributed by atoms with van der Waals surface area (Å²) in [5, 5.41) is -0.0543. The van der Waals surface area contributed by atoms with Gasteiger partial charge in [-0.2, -0.15) is 13.2 Å². The highest BCUT2D eigenvalue weighted by molar-refractivity contribution is 7.19. The van der Waals surface area contributed by atoms with Crippen LogP contribution in [0, 0.1) is 5.92 Å². The maximum absolute atomic E-state index is 12.5. The molecule has 0 aliphatic heterocycles. The van der Waals surface area contributed by atoms with Crippen molar-refractivity contribution in [2.45, 2.75) is 20.0 Å². The molecule has 5 nitrogen and oxygen atoms in total. The normalized spacial score (nSPS) is 11.8. The predicted molar refractivity (Wildman–Crippen MR) is 75.7 cm³/mol. The first-order chi connectivity index (χ1) is 9.45. The Balaban J connectivity index is 3.35. The molecular weight excluding hydrogens is 307 g/mol. The minimum Gasteiger partial charge on any atom is -0.397 e. The first-order valence-electron chi connectivity index (χ1n) is 5.99. The second-order valence-electron chi connectivity index (χ2n) is 4.88. The third-order valence-electron chi connectivity index (χ3n) is 2.68. The number of halogens is 3. The third-order valence-corrected chi connectivity index (χ3v) is 4.02. The van der Waals surface area contributed by atoms with Crippen LogP contribution in [-0.2, 0) is 0 Å². The van der Waals surface area contributed by atoms with Crippen molar-refractivity contribution < 1.29 is 22.8 Å². The van der Waals surface area contributed by atoms with Crippen LogP contribution in [-0.4, -0.2) is 31.5 Å². The van der Waals surface area contributed by atoms with Gasteiger partial charge in [0.05, 0.1) is 16.1 Å². The molecule has 0 radical (unpaired) electrons. The number of rotatable bonds is 5. The number of nitrogens with two attached hydrogens (primary N) is 2. The average molecular weight is 323 g/mol. The van der Waals surface area contributed by atoms with Crippen molar-refractivity contribution in [2.75, 3.05) is 24.2 Å². The summed E-state index contributed by atoms with van der Waals surface area (Å²) >= 11 is 0.750. The molecule has 0 fully saturated rings. The van der Waals surface area contributed by atoms with Crippen LogP contribution in [0.5, 0.6) is 0 Å². The van der Waals surface area contributed by atoms with Crippen molar-refractivity contribution in [3.05, 3.63) is 10.4 Å². The van der Waals surface area contributed by atoms with E-state index in [1.165, 1.54) is 0 Å². The van der Waals surface area contributed by atoms with Gasteiger partial charge in [-0.25, -0.2) is 0 Å². The molecule has 0 aliphatic rings. The number of hydrogen-bond acceptors (Lipinski definition) is 5. The van der Waals surface area contributed by atoms with Gasteiger partial charge < -0.3 is 16.4 Å². The van der Waals surface area contributed by atoms with E-state index in [0.717, 1.165) is 23.3 Å². The summed E-state index contributed by atoms with van der Waals surface area (Å²) in [6, 6.07) is 0. The minimum atomic E-state index is -4.45. The van der Waals surface area contributed by atoms with E-state index in [4.69, 9.17) is 11.5 Å². The molecule has 0 saturated carbocycles. The molecule has 4 N–H and O–H groups in total. The van der Waals surface area contributed by atoms with Crippen molar-refractivity contribution >= 4 is 33.7 Å². The van der Waals surface area contributed by atoms with E-state index in [0.29, 0.717) is 0 Å². The van der Waals surface area contributed by atoms with Gasteiger partial charge in [-0.15, -0.1) is 11.3 Å². The molecule has 0 saturated heterocycles. The molecule has 21 heavy (non-hydrogen) atoms. The molecule has 1 rings (SSSR count). The van der Waals surface area contributed by atoms with Crippen molar-refractivity contribution in [1.29, 1.82) is 0 Å². The lowest BCUT2D eigenvalue weighted by Gasteiger charge is -2.20. The molecule has 1 heterocycles. The Morgan fingerprint density at radius 3 is 2.24 bits per heavy atom. The first kappa shape index (κ1) is 17.3. The van der Waals surface area contributed by atoms with E-state index in [1.807, 2.05) is 0 Å². The van der Waals surface area contributed by atoms with Gasteiger partial charge in [-0.3, -0.25) is 9.59 Å². The van der Waals surface area contributed by atoms with Gasteiger partial charge in [-0.1, -0.05) is 13.8 Å². The molecule has 1 amide bonds. The lowest BCUT2D eigenvalue weighted by atomic mass is 10.1. The lowest BCUT2D eigenvalue weighted by Crippen LogP contribution is -2.31. The number of nitrogen functional groups attached to an aromatic ring is 1. The standard InChI is InChI=1S/C12H16F3N3O2S/c1-5(2)8(19)9-7(16)6(10(17)20)11(21-9)18(3)4-12(13,14)15/h5H,4,16H2,1-3H3,(H2,17,20). The molecule has 9 heteroatoms. The van der Waals surface area contributed by atoms with Crippen LogP contribution in [0.2, 0.25) is 0 Å². The molecular formula is C12H16F3N3O2S. The van der Waals surface area contributed by atoms with Crippen LogP contribution >= 0.6 is 11.3 Å². The number of anilines is 2. The highest BCUT2D eigenvalue weighted by Crippen LogP contribution is 2.39. The fourth-order valence-corrected chi connectivity index (χ4v) is 3.00. The van der Waals surface area contributed by atoms with Gasteiger partial charge in [0, 0.05) is 13.0 Å². The molecule has 1 aromatic rings. The van der Waals surface area contributed by atoms with Crippen LogP contribution in [0.25, 0.3) is 0 Å². The molecule has 0 spiro atoms. The van der Waals surface area contributed by atoms with Crippen molar-refractivity contribution in [3.63, 3.8) is 0 Å². The second-order valence-corrected chi connectivity index (χ2v) is 5.88. The Morgan fingerprint density at radius 2 is 1.86 bits per heavy atom. The van der Waals surface area contributed by atoms with E-state index >= 15 is 0 Å². The predicted octanol–water partition coefficient (Wildman–Crippen LogP) is 2.27. The van der Waals surface area contributed by atoms with E-state index in [-0.39, 0.29) is 26.9 Å². The van der Waals surface area contributed by atoms with Gasteiger partial charge in [0.25, 0.3) is 5.91 Å². The first-order valence-corrected chi connectivity index (χ1v) is 6.81. The second kappa shape index (κ2) is 5.92. The monoisotopic (exact) mass is 323 g/mol. The van der Waals surface area contributed by atoms with E-state index in [9.17, 15) is 22.8 Å². The summed E-state index contributed by atoms with van der Waals surface area (Å²) in [6.07, 6.45) is -4.45. The molecule has 0 aliphatic carbocycles. The number of ketones is 1. The SMILES string of the molecule is CC(C)C(=O)c1sc(N(C)CC(F)(F)F)c(C(N)=O)c1N. The van der Waals surface area contributed by atoms with Gasteiger partial charge in [0.2, 0.25) is 0 Å². The van der Waals surface area contributed by atoms with E-state index in [1.54, 1.807) is 13.8 Å². The molecule has 0 atom stereocenters. The largest absolute Gasteiger partial charge is 0.405 e. The Labute approximate surface area is 123 Å². The van der Waals surface area contributed by atoms with Crippen molar-refractivity contribution in [3.8, 4) is 0 Å². The Hall–Kier alpha value is -1.77. The summed E-state index contributed by atoms with van der Waals surface area (Å²) < 4.78 is 37.4. The fourth-order valence-electron chi connectivity index (χ4n) is 1.72. The topological polar surface area (TPSA) is 89.4 Å². The van der Waals surface area contributed by atoms with Gasteiger partial charge in [-0.05, 0) is 0 Å². The maximum Gasteiger partial charge on any atom is 0.405 e. The Morgan fingerprint density at radius 1 is 1.33 bits per heavy atom. The zero-order chi connectivity index (χ0) is 16.5. The highest BCUT2D eigenvalue weighted by atomic mass is 32.1. The highest BCUT2D eigenvalue weighted by Gasteiger charge is 2.33. The van der Waals surface area contributed by atoms with Gasteiger partial charge in [0.15, 0.2) is 5.78 Å². The Bertz CT molecular complexity index is 567. The smallest absolute Gasteiger partial charge is 0.397 e. The van der Waals surface area contributed by atoms with Crippen LogP contribution in [0.4, 0.5) is 23.9 Å². The fraction of sp³-hybridized carbons (Fsp3) is 0.500.